The minimum atomic E-state index is 0. The zero-order chi connectivity index (χ0) is 13.9. The number of amides is 1. The highest BCUT2D eigenvalue weighted by atomic mass is 35.5. The molecule has 0 aromatic carbocycles. The average molecular weight is 347 g/mol. The lowest BCUT2D eigenvalue weighted by molar-refractivity contribution is 0.0708. The lowest BCUT2D eigenvalue weighted by Crippen LogP contribution is -2.51. The Morgan fingerprint density at radius 2 is 1.95 bits per heavy atom. The van der Waals surface area contributed by atoms with Gasteiger partial charge in [0, 0.05) is 45.0 Å². The predicted molar refractivity (Wildman–Crippen MR) is 93.5 cm³/mol. The highest BCUT2D eigenvalue weighted by molar-refractivity contribution is 5.94. The predicted octanol–water partition coefficient (Wildman–Crippen LogP) is 1.96. The van der Waals surface area contributed by atoms with Crippen LogP contribution in [0.25, 0.3) is 0 Å². The maximum absolute atomic E-state index is 12.4. The molecule has 3 heterocycles. The molecule has 5 nitrogen and oxygen atoms in total. The molecule has 2 fully saturated rings. The summed E-state index contributed by atoms with van der Waals surface area (Å²) in [6.07, 6.45) is 4.20. The average Bonchev–Trinajstić information content (AvgIpc) is 3.01. The minimum Gasteiger partial charge on any atom is -0.357 e. The van der Waals surface area contributed by atoms with Gasteiger partial charge in [-0.1, -0.05) is 0 Å². The van der Waals surface area contributed by atoms with Gasteiger partial charge in [0.25, 0.3) is 5.91 Å². The van der Waals surface area contributed by atoms with Gasteiger partial charge in [0.2, 0.25) is 0 Å². The normalized spacial score (nSPS) is 21.0. The fraction of sp³-hybridized carbons (Fsp3) is 0.600. The maximum Gasteiger partial charge on any atom is 0.255 e. The number of carbonyl (C=O) groups is 1. The summed E-state index contributed by atoms with van der Waals surface area (Å²) in [6.45, 7) is 6.68. The van der Waals surface area contributed by atoms with Gasteiger partial charge in [-0.2, -0.15) is 0 Å². The van der Waals surface area contributed by atoms with E-state index in [9.17, 15) is 4.79 Å². The van der Waals surface area contributed by atoms with Crippen molar-refractivity contribution in [1.29, 1.82) is 0 Å². The quantitative estimate of drug-likeness (QED) is 0.889. The Morgan fingerprint density at radius 3 is 2.55 bits per heavy atom. The van der Waals surface area contributed by atoms with Gasteiger partial charge in [0.05, 0.1) is 5.56 Å². The number of hydrogen-bond donors (Lipinski definition) is 1. The number of nitrogens with zero attached hydrogens (tertiary/aromatic N) is 3. The lowest BCUT2D eigenvalue weighted by atomic mass is 10.2. The first kappa shape index (κ1) is 19.0. The summed E-state index contributed by atoms with van der Waals surface area (Å²) < 4.78 is 0. The molecule has 1 unspecified atom stereocenters. The van der Waals surface area contributed by atoms with E-state index in [0.29, 0.717) is 11.6 Å². The molecule has 2 saturated heterocycles. The van der Waals surface area contributed by atoms with E-state index in [2.05, 4.69) is 22.1 Å². The van der Waals surface area contributed by atoms with Crippen molar-refractivity contribution in [2.75, 3.05) is 37.6 Å². The first-order valence-electron chi connectivity index (χ1n) is 7.48. The molecule has 22 heavy (non-hydrogen) atoms. The molecule has 1 aromatic heterocycles. The van der Waals surface area contributed by atoms with Crippen LogP contribution in [-0.2, 0) is 0 Å². The van der Waals surface area contributed by atoms with Crippen molar-refractivity contribution in [2.24, 2.45) is 0 Å². The number of nitrogens with one attached hydrogen (secondary N) is 1. The van der Waals surface area contributed by atoms with Crippen molar-refractivity contribution < 1.29 is 4.79 Å². The summed E-state index contributed by atoms with van der Waals surface area (Å²) >= 11 is 0. The molecule has 0 aliphatic carbocycles. The zero-order valence-corrected chi connectivity index (χ0v) is 14.5. The van der Waals surface area contributed by atoms with Crippen molar-refractivity contribution >= 4 is 36.5 Å². The molecule has 7 heteroatoms. The summed E-state index contributed by atoms with van der Waals surface area (Å²) in [5.41, 5.74) is 0.696. The van der Waals surface area contributed by atoms with Crippen LogP contribution >= 0.6 is 24.8 Å². The van der Waals surface area contributed by atoms with Crippen LogP contribution in [-0.4, -0.2) is 54.6 Å². The summed E-state index contributed by atoms with van der Waals surface area (Å²) in [5.74, 6) is 1.09. The fourth-order valence-corrected chi connectivity index (χ4v) is 2.95. The van der Waals surface area contributed by atoms with Gasteiger partial charge in [0.15, 0.2) is 0 Å². The second-order valence-corrected chi connectivity index (χ2v) is 5.71. The van der Waals surface area contributed by atoms with E-state index in [1.807, 2.05) is 17.0 Å². The van der Waals surface area contributed by atoms with E-state index in [1.54, 1.807) is 6.20 Å². The van der Waals surface area contributed by atoms with Crippen molar-refractivity contribution in [3.8, 4) is 0 Å². The van der Waals surface area contributed by atoms with Gasteiger partial charge < -0.3 is 15.1 Å². The van der Waals surface area contributed by atoms with Gasteiger partial charge in [0.1, 0.15) is 5.82 Å². The fourth-order valence-electron chi connectivity index (χ4n) is 2.95. The van der Waals surface area contributed by atoms with Crippen LogP contribution in [0, 0.1) is 0 Å². The molecule has 1 aromatic rings. The van der Waals surface area contributed by atoms with Crippen LogP contribution in [0.2, 0.25) is 0 Å². The van der Waals surface area contributed by atoms with Crippen molar-refractivity contribution in [2.45, 2.75) is 25.8 Å². The lowest BCUT2D eigenvalue weighted by Gasteiger charge is -2.32. The molecule has 0 radical (unpaired) electrons. The first-order chi connectivity index (χ1) is 9.74. The molecule has 1 amide bonds. The SMILES string of the molecule is CC1CN(C(=O)c2ccc(N3CCCC3)nc2)CCN1.Cl.Cl. The van der Waals surface area contributed by atoms with E-state index >= 15 is 0 Å². The molecule has 1 N–H and O–H groups in total. The Kier molecular flexibility index (Phi) is 7.39. The number of halogens is 2. The third-order valence-electron chi connectivity index (χ3n) is 4.08. The molecule has 1 atom stereocenters. The van der Waals surface area contributed by atoms with E-state index in [1.165, 1.54) is 12.8 Å². The first-order valence-corrected chi connectivity index (χ1v) is 7.48. The zero-order valence-electron chi connectivity index (χ0n) is 12.8. The number of pyridine rings is 1. The smallest absolute Gasteiger partial charge is 0.255 e. The largest absolute Gasteiger partial charge is 0.357 e. The highest BCUT2D eigenvalue weighted by Crippen LogP contribution is 2.18. The molecule has 3 rings (SSSR count). The second-order valence-electron chi connectivity index (χ2n) is 5.71. The van der Waals surface area contributed by atoms with Gasteiger partial charge in [-0.25, -0.2) is 4.98 Å². The number of piperazine rings is 1. The summed E-state index contributed by atoms with van der Waals surface area (Å²) in [7, 11) is 0. The minimum absolute atomic E-state index is 0. The third kappa shape index (κ3) is 4.24. The van der Waals surface area contributed by atoms with Crippen molar-refractivity contribution in [3.05, 3.63) is 23.9 Å². The van der Waals surface area contributed by atoms with Crippen LogP contribution in [0.1, 0.15) is 30.1 Å². The van der Waals surface area contributed by atoms with E-state index < -0.39 is 0 Å². The third-order valence-corrected chi connectivity index (χ3v) is 4.08. The Bertz CT molecular complexity index is 477. The standard InChI is InChI=1S/C15H22N4O.2ClH/c1-12-11-19(9-6-16-12)15(20)13-4-5-14(17-10-13)18-7-2-3-8-18;;/h4-5,10,12,16H,2-3,6-9,11H2,1H3;2*1H. The summed E-state index contributed by atoms with van der Waals surface area (Å²) in [4.78, 5) is 21.1. The van der Waals surface area contributed by atoms with Crippen LogP contribution in [0.15, 0.2) is 18.3 Å². The maximum atomic E-state index is 12.4. The van der Waals surface area contributed by atoms with Crippen molar-refractivity contribution in [3.63, 3.8) is 0 Å². The van der Waals surface area contributed by atoms with E-state index in [-0.39, 0.29) is 30.7 Å². The van der Waals surface area contributed by atoms with Gasteiger partial charge >= 0.3 is 0 Å². The molecule has 2 aliphatic heterocycles. The van der Waals surface area contributed by atoms with Crippen LogP contribution in [0.5, 0.6) is 0 Å². The molecular weight excluding hydrogens is 323 g/mol. The second kappa shape index (κ2) is 8.56. The molecular formula is C15H24Cl2N4O. The van der Waals surface area contributed by atoms with Crippen LogP contribution in [0.4, 0.5) is 5.82 Å². The van der Waals surface area contributed by atoms with Gasteiger partial charge in [-0.05, 0) is 31.9 Å². The van der Waals surface area contributed by atoms with E-state index in [0.717, 1.165) is 38.5 Å². The Labute approximate surface area is 144 Å². The summed E-state index contributed by atoms with van der Waals surface area (Å²) in [5, 5.41) is 3.35. The van der Waals surface area contributed by atoms with E-state index in [4.69, 9.17) is 0 Å². The number of rotatable bonds is 2. The molecule has 124 valence electrons. The van der Waals surface area contributed by atoms with Crippen LogP contribution < -0.4 is 10.2 Å². The van der Waals surface area contributed by atoms with Crippen LogP contribution in [0.3, 0.4) is 0 Å². The Morgan fingerprint density at radius 1 is 1.23 bits per heavy atom. The van der Waals surface area contributed by atoms with Gasteiger partial charge in [-0.3, -0.25) is 4.79 Å². The molecule has 0 bridgehead atoms. The molecule has 2 aliphatic rings. The highest BCUT2D eigenvalue weighted by Gasteiger charge is 2.22. The number of hydrogen-bond acceptors (Lipinski definition) is 4. The Balaban J connectivity index is 0.00000121. The Hall–Kier alpha value is -1.04. The van der Waals surface area contributed by atoms with Gasteiger partial charge in [-0.15, -0.1) is 24.8 Å². The summed E-state index contributed by atoms with van der Waals surface area (Å²) in [6, 6.07) is 4.25. The topological polar surface area (TPSA) is 48.5 Å². The number of anilines is 1. The molecule has 0 spiro atoms. The number of carbonyl (C=O) groups excluding carboxylic acids is 1. The molecule has 0 saturated carbocycles. The van der Waals surface area contributed by atoms with Crippen molar-refractivity contribution in [1.82, 2.24) is 15.2 Å². The monoisotopic (exact) mass is 346 g/mol. The number of aromatic nitrogens is 1.